The van der Waals surface area contributed by atoms with Gasteiger partial charge in [0.25, 0.3) is 0 Å². The molecule has 1 rings (SSSR count). The summed E-state index contributed by atoms with van der Waals surface area (Å²) in [7, 11) is 0. The molecule has 0 radical (unpaired) electrons. The molecule has 1 aliphatic heterocycles. The summed E-state index contributed by atoms with van der Waals surface area (Å²) < 4.78 is 5.00. The predicted octanol–water partition coefficient (Wildman–Crippen LogP) is 0.591. The van der Waals surface area contributed by atoms with Gasteiger partial charge in [0.05, 0.1) is 6.04 Å². The highest BCUT2D eigenvalue weighted by molar-refractivity contribution is 5.67. The first-order valence-electron chi connectivity index (χ1n) is 5.92. The maximum Gasteiger partial charge on any atom is 0.408 e. The first-order valence-corrected chi connectivity index (χ1v) is 5.92. The third-order valence-electron chi connectivity index (χ3n) is 2.92. The lowest BCUT2D eigenvalue weighted by Gasteiger charge is -2.44. The highest BCUT2D eigenvalue weighted by atomic mass is 16.6. The van der Waals surface area contributed by atoms with Crippen LogP contribution in [0.15, 0.2) is 0 Å². The minimum atomic E-state index is -1.02. The Hall–Kier alpha value is -1.50. The van der Waals surface area contributed by atoms with Gasteiger partial charge in [-0.25, -0.2) is 9.59 Å². The van der Waals surface area contributed by atoms with E-state index in [9.17, 15) is 14.7 Å². The number of carbonyl (C=O) groups is 2. The summed E-state index contributed by atoms with van der Waals surface area (Å²) in [5, 5.41) is 12.4. The fourth-order valence-electron chi connectivity index (χ4n) is 2.31. The summed E-state index contributed by atoms with van der Waals surface area (Å²) >= 11 is 0. The molecule has 104 valence electrons. The highest BCUT2D eigenvalue weighted by Gasteiger charge is 2.40. The van der Waals surface area contributed by atoms with Crippen LogP contribution in [0.5, 0.6) is 0 Å². The Morgan fingerprint density at radius 3 is 2.50 bits per heavy atom. The minimum Gasteiger partial charge on any atom is -0.465 e. The monoisotopic (exact) mass is 259 g/mol. The van der Waals surface area contributed by atoms with Gasteiger partial charge in [-0.3, -0.25) is 4.90 Å². The fraction of sp³-hybridized carbons (Fsp3) is 0.818. The van der Waals surface area contributed by atoms with Crippen LogP contribution in [-0.2, 0) is 4.74 Å². The normalized spacial score (nSPS) is 24.4. The average molecular weight is 259 g/mol. The van der Waals surface area contributed by atoms with Crippen molar-refractivity contribution < 1.29 is 19.4 Å². The molecular formula is C11H21N3O4. The molecule has 2 atom stereocenters. The van der Waals surface area contributed by atoms with Gasteiger partial charge in [-0.2, -0.15) is 0 Å². The van der Waals surface area contributed by atoms with E-state index in [-0.39, 0.29) is 6.04 Å². The van der Waals surface area contributed by atoms with Crippen LogP contribution in [0.25, 0.3) is 0 Å². The number of carbonyl (C=O) groups excluding carboxylic acids is 1. The van der Waals surface area contributed by atoms with Gasteiger partial charge in [0, 0.05) is 12.1 Å². The third kappa shape index (κ3) is 3.49. The number of nitrogens with one attached hydrogen (secondary N) is 1. The topological polar surface area (TPSA) is 105 Å². The molecule has 2 amide bonds. The largest absolute Gasteiger partial charge is 0.465 e. The molecule has 1 aliphatic rings. The summed E-state index contributed by atoms with van der Waals surface area (Å²) in [4.78, 5) is 23.6. The van der Waals surface area contributed by atoms with Gasteiger partial charge in [0.1, 0.15) is 6.10 Å². The number of hydrogen-bond acceptors (Lipinski definition) is 4. The maximum absolute atomic E-state index is 11.4. The number of piperidine rings is 1. The van der Waals surface area contributed by atoms with E-state index >= 15 is 0 Å². The Bertz CT molecular complexity index is 327. The van der Waals surface area contributed by atoms with Gasteiger partial charge < -0.3 is 20.9 Å². The van der Waals surface area contributed by atoms with E-state index < -0.39 is 23.8 Å². The molecule has 7 heteroatoms. The van der Waals surface area contributed by atoms with E-state index in [4.69, 9.17) is 10.5 Å². The molecule has 0 saturated carbocycles. The van der Waals surface area contributed by atoms with Crippen LogP contribution in [0.4, 0.5) is 9.59 Å². The van der Waals surface area contributed by atoms with Gasteiger partial charge in [0.2, 0.25) is 0 Å². The van der Waals surface area contributed by atoms with Gasteiger partial charge in [0.15, 0.2) is 0 Å². The van der Waals surface area contributed by atoms with Crippen LogP contribution in [0, 0.1) is 0 Å². The second-order valence-corrected chi connectivity index (χ2v) is 5.36. The molecule has 1 heterocycles. The molecule has 7 nitrogen and oxygen atoms in total. The van der Waals surface area contributed by atoms with Crippen LogP contribution in [0.3, 0.4) is 0 Å². The van der Waals surface area contributed by atoms with Gasteiger partial charge in [-0.15, -0.1) is 0 Å². The molecule has 1 fully saturated rings. The summed E-state index contributed by atoms with van der Waals surface area (Å²) in [5.41, 5.74) is 4.45. The van der Waals surface area contributed by atoms with Crippen LogP contribution < -0.4 is 11.1 Å². The SMILES string of the molecule is CC(C)(C)N(C(=O)O)[C@@H]1CCNC[C@H]1OC(N)=O. The van der Waals surface area contributed by atoms with E-state index in [1.807, 2.05) is 20.8 Å². The zero-order valence-corrected chi connectivity index (χ0v) is 11.0. The van der Waals surface area contributed by atoms with Crippen LogP contribution in [0.1, 0.15) is 27.2 Å². The van der Waals surface area contributed by atoms with Crippen LogP contribution in [0.2, 0.25) is 0 Å². The lowest BCUT2D eigenvalue weighted by Crippen LogP contribution is -2.61. The van der Waals surface area contributed by atoms with Crippen molar-refractivity contribution in [2.75, 3.05) is 13.1 Å². The van der Waals surface area contributed by atoms with Crippen LogP contribution in [-0.4, -0.2) is 53.0 Å². The third-order valence-corrected chi connectivity index (χ3v) is 2.92. The summed E-state index contributed by atoms with van der Waals surface area (Å²) in [6, 6.07) is -0.378. The summed E-state index contributed by atoms with van der Waals surface area (Å²) in [6.45, 7) is 6.52. The highest BCUT2D eigenvalue weighted by Crippen LogP contribution is 2.24. The molecular weight excluding hydrogens is 238 g/mol. The molecule has 0 spiro atoms. The van der Waals surface area contributed by atoms with Crippen molar-refractivity contribution in [3.8, 4) is 0 Å². The molecule has 0 aliphatic carbocycles. The van der Waals surface area contributed by atoms with Crippen molar-refractivity contribution in [1.82, 2.24) is 10.2 Å². The number of ether oxygens (including phenoxy) is 1. The van der Waals surface area contributed by atoms with Gasteiger partial charge in [-0.05, 0) is 33.7 Å². The van der Waals surface area contributed by atoms with E-state index in [0.717, 1.165) is 0 Å². The number of nitrogens with two attached hydrogens (primary N) is 1. The number of hydrogen-bond donors (Lipinski definition) is 3. The Labute approximate surface area is 106 Å². The Morgan fingerprint density at radius 2 is 2.06 bits per heavy atom. The quantitative estimate of drug-likeness (QED) is 0.673. The fourth-order valence-corrected chi connectivity index (χ4v) is 2.31. The second-order valence-electron chi connectivity index (χ2n) is 5.36. The zero-order chi connectivity index (χ0) is 13.9. The zero-order valence-electron chi connectivity index (χ0n) is 11.0. The average Bonchev–Trinajstić information content (AvgIpc) is 2.17. The lowest BCUT2D eigenvalue weighted by atomic mass is 9.95. The molecule has 18 heavy (non-hydrogen) atoms. The van der Waals surface area contributed by atoms with Crippen molar-refractivity contribution in [2.24, 2.45) is 5.73 Å². The lowest BCUT2D eigenvalue weighted by molar-refractivity contribution is -0.0130. The molecule has 4 N–H and O–H groups in total. The van der Waals surface area contributed by atoms with E-state index in [1.54, 1.807) is 0 Å². The van der Waals surface area contributed by atoms with Crippen LogP contribution >= 0.6 is 0 Å². The number of primary amides is 1. The van der Waals surface area contributed by atoms with E-state index in [1.165, 1.54) is 4.90 Å². The molecule has 0 aromatic heterocycles. The minimum absolute atomic E-state index is 0.378. The first-order chi connectivity index (χ1) is 8.23. The van der Waals surface area contributed by atoms with Crippen molar-refractivity contribution in [2.45, 2.75) is 44.9 Å². The van der Waals surface area contributed by atoms with Gasteiger partial charge >= 0.3 is 12.2 Å². The number of nitrogens with zero attached hydrogens (tertiary/aromatic N) is 1. The molecule has 0 aromatic rings. The number of carboxylic acid groups (broad SMARTS) is 1. The van der Waals surface area contributed by atoms with E-state index in [2.05, 4.69) is 5.32 Å². The summed E-state index contributed by atoms with van der Waals surface area (Å²) in [5.74, 6) is 0. The molecule has 1 saturated heterocycles. The summed E-state index contributed by atoms with van der Waals surface area (Å²) in [6.07, 6.45) is -1.87. The van der Waals surface area contributed by atoms with Crippen molar-refractivity contribution >= 4 is 12.2 Å². The van der Waals surface area contributed by atoms with Crippen molar-refractivity contribution in [1.29, 1.82) is 0 Å². The first kappa shape index (κ1) is 14.6. The molecule has 0 bridgehead atoms. The number of amides is 2. The predicted molar refractivity (Wildman–Crippen MR) is 65.3 cm³/mol. The maximum atomic E-state index is 11.4. The number of rotatable bonds is 2. The molecule has 0 unspecified atom stereocenters. The van der Waals surface area contributed by atoms with Crippen molar-refractivity contribution in [3.05, 3.63) is 0 Å². The smallest absolute Gasteiger partial charge is 0.408 e. The Kier molecular flexibility index (Phi) is 4.39. The standard InChI is InChI=1S/C11H21N3O4/c1-11(2,3)14(10(16)17)7-4-5-13-6-8(7)18-9(12)15/h7-8,13H,4-6H2,1-3H3,(H2,12,15)(H,16,17)/t7-,8-/m1/s1. The van der Waals surface area contributed by atoms with E-state index in [0.29, 0.717) is 19.5 Å². The Morgan fingerprint density at radius 1 is 1.44 bits per heavy atom. The van der Waals surface area contributed by atoms with Crippen molar-refractivity contribution in [3.63, 3.8) is 0 Å². The Balaban J connectivity index is 2.92. The van der Waals surface area contributed by atoms with Gasteiger partial charge in [-0.1, -0.05) is 0 Å². The molecule has 0 aromatic carbocycles. The second kappa shape index (κ2) is 5.43.